The Hall–Kier alpha value is -1.88. The van der Waals surface area contributed by atoms with Gasteiger partial charge in [0.25, 0.3) is 0 Å². The number of benzene rings is 1. The Morgan fingerprint density at radius 2 is 1.65 bits per heavy atom. The summed E-state index contributed by atoms with van der Waals surface area (Å²) in [5, 5.41) is 7.25. The molecule has 0 unspecified atom stereocenters. The second-order valence-electron chi connectivity index (χ2n) is 7.20. The average molecular weight is 309 g/mol. The molecule has 7 heteroatoms. The molecule has 0 radical (unpaired) electrons. The number of para-hydroxylation sites is 1. The lowest BCUT2D eigenvalue weighted by molar-refractivity contribution is 0.353. The molecule has 0 atom stereocenters. The van der Waals surface area contributed by atoms with Crippen LogP contribution in [0.2, 0.25) is 13.6 Å². The molecule has 120 valence electrons. The fourth-order valence-electron chi connectivity index (χ4n) is 3.74. The molecule has 2 heterocycles. The van der Waals surface area contributed by atoms with E-state index in [1.165, 1.54) is 5.69 Å². The maximum atomic E-state index is 4.13. The molecule has 2 aromatic rings. The Kier molecular flexibility index (Phi) is 4.15. The maximum absolute atomic E-state index is 4.13. The zero-order valence-corrected chi connectivity index (χ0v) is 14.7. The first-order valence-electron chi connectivity index (χ1n) is 8.26. The molecule has 1 aromatic carbocycles. The molecular formula is C16H25B2N5. The Morgan fingerprint density at radius 1 is 1.00 bits per heavy atom. The number of hydrogen-bond donors (Lipinski definition) is 1. The van der Waals surface area contributed by atoms with Crippen LogP contribution in [0.3, 0.4) is 0 Å². The van der Waals surface area contributed by atoms with Gasteiger partial charge in [0.2, 0.25) is 0 Å². The SMILES string of the molecule is CB1N(c2ccccc2)CN(c2ccn[nH]2)B(C)N1C(C)(C)C. The van der Waals surface area contributed by atoms with Crippen LogP contribution in [-0.4, -0.2) is 41.1 Å². The van der Waals surface area contributed by atoms with Gasteiger partial charge in [-0.1, -0.05) is 31.8 Å². The molecule has 1 saturated heterocycles. The van der Waals surface area contributed by atoms with Gasteiger partial charge in [-0.25, -0.2) is 0 Å². The maximum Gasteiger partial charge on any atom is 0.332 e. The number of aromatic nitrogens is 2. The summed E-state index contributed by atoms with van der Waals surface area (Å²) in [6.45, 7) is 12.8. The molecule has 1 N–H and O–H groups in total. The molecule has 1 fully saturated rings. The molecule has 1 aliphatic rings. The predicted octanol–water partition coefficient (Wildman–Crippen LogP) is 3.03. The summed E-state index contributed by atoms with van der Waals surface area (Å²) >= 11 is 0. The minimum absolute atomic E-state index is 0.0601. The van der Waals surface area contributed by atoms with Crippen LogP contribution in [0.4, 0.5) is 11.5 Å². The number of anilines is 2. The van der Waals surface area contributed by atoms with E-state index in [0.717, 1.165) is 12.5 Å². The van der Waals surface area contributed by atoms with E-state index >= 15 is 0 Å². The van der Waals surface area contributed by atoms with E-state index in [9.17, 15) is 0 Å². The van der Waals surface area contributed by atoms with Crippen molar-refractivity contribution in [2.75, 3.05) is 16.3 Å². The second-order valence-corrected chi connectivity index (χ2v) is 7.20. The van der Waals surface area contributed by atoms with Gasteiger partial charge in [0.15, 0.2) is 0 Å². The van der Waals surface area contributed by atoms with E-state index in [1.54, 1.807) is 0 Å². The van der Waals surface area contributed by atoms with Gasteiger partial charge in [-0.2, -0.15) is 5.10 Å². The monoisotopic (exact) mass is 309 g/mol. The average Bonchev–Trinajstić information content (AvgIpc) is 3.01. The first-order chi connectivity index (χ1) is 10.9. The van der Waals surface area contributed by atoms with Gasteiger partial charge in [0, 0.05) is 5.69 Å². The number of nitrogens with one attached hydrogen (secondary N) is 1. The van der Waals surface area contributed by atoms with Crippen molar-refractivity contribution >= 4 is 25.5 Å². The smallest absolute Gasteiger partial charge is 0.332 e. The Labute approximate surface area is 139 Å². The molecule has 0 amide bonds. The fraction of sp³-hybridized carbons (Fsp3) is 0.438. The largest absolute Gasteiger partial charge is 0.386 e. The number of aromatic amines is 1. The summed E-state index contributed by atoms with van der Waals surface area (Å²) < 4.78 is 2.55. The number of rotatable bonds is 2. The van der Waals surface area contributed by atoms with Crippen molar-refractivity contribution in [3.8, 4) is 0 Å². The summed E-state index contributed by atoms with van der Waals surface area (Å²) in [6.07, 6.45) is 1.81. The van der Waals surface area contributed by atoms with Crippen molar-refractivity contribution in [2.45, 2.75) is 40.0 Å². The van der Waals surface area contributed by atoms with E-state index in [4.69, 9.17) is 0 Å². The number of hydrogen-bond acceptors (Lipinski definition) is 4. The Morgan fingerprint density at radius 3 is 2.22 bits per heavy atom. The summed E-state index contributed by atoms with van der Waals surface area (Å²) in [6, 6.07) is 12.7. The quantitative estimate of drug-likeness (QED) is 0.866. The van der Waals surface area contributed by atoms with Crippen molar-refractivity contribution in [2.24, 2.45) is 0 Å². The molecule has 23 heavy (non-hydrogen) atoms. The highest BCUT2D eigenvalue weighted by atomic mass is 15.4. The molecule has 1 aliphatic heterocycles. The third-order valence-corrected chi connectivity index (χ3v) is 4.67. The van der Waals surface area contributed by atoms with Crippen LogP contribution in [0.5, 0.6) is 0 Å². The lowest BCUT2D eigenvalue weighted by atomic mass is 9.54. The number of nitrogens with zero attached hydrogens (tertiary/aromatic N) is 4. The van der Waals surface area contributed by atoms with Gasteiger partial charge in [0.05, 0.1) is 12.9 Å². The van der Waals surface area contributed by atoms with Gasteiger partial charge in [0.1, 0.15) is 5.82 Å². The first-order valence-corrected chi connectivity index (χ1v) is 8.26. The Balaban J connectivity index is 2.01. The highest BCUT2D eigenvalue weighted by molar-refractivity contribution is 6.77. The lowest BCUT2D eigenvalue weighted by Gasteiger charge is -2.54. The minimum atomic E-state index is 0.0601. The van der Waals surface area contributed by atoms with Gasteiger partial charge in [-0.3, -0.25) is 5.10 Å². The molecule has 1 aromatic heterocycles. The summed E-state index contributed by atoms with van der Waals surface area (Å²) in [7, 11) is 0. The van der Waals surface area contributed by atoms with Crippen molar-refractivity contribution in [1.29, 1.82) is 0 Å². The van der Waals surface area contributed by atoms with Crippen molar-refractivity contribution in [1.82, 2.24) is 14.9 Å². The van der Waals surface area contributed by atoms with Crippen LogP contribution >= 0.6 is 0 Å². The molecule has 3 rings (SSSR count). The van der Waals surface area contributed by atoms with E-state index in [2.05, 4.69) is 89.3 Å². The van der Waals surface area contributed by atoms with Gasteiger partial charge in [-0.05, 0) is 44.5 Å². The highest BCUT2D eigenvalue weighted by Crippen LogP contribution is 2.30. The van der Waals surface area contributed by atoms with Crippen LogP contribution in [0.15, 0.2) is 42.6 Å². The normalized spacial score (nSPS) is 17.1. The van der Waals surface area contributed by atoms with Crippen molar-refractivity contribution in [3.63, 3.8) is 0 Å². The molecule has 0 spiro atoms. The topological polar surface area (TPSA) is 38.4 Å². The van der Waals surface area contributed by atoms with Gasteiger partial charge >= 0.3 is 14.0 Å². The molecule has 5 nitrogen and oxygen atoms in total. The summed E-state index contributed by atoms with van der Waals surface area (Å²) in [5.41, 5.74) is 1.30. The molecule has 0 aliphatic carbocycles. The highest BCUT2D eigenvalue weighted by Gasteiger charge is 2.46. The minimum Gasteiger partial charge on any atom is -0.386 e. The van der Waals surface area contributed by atoms with Crippen LogP contribution in [0.1, 0.15) is 20.8 Å². The van der Waals surface area contributed by atoms with Crippen LogP contribution < -0.4 is 9.62 Å². The van der Waals surface area contributed by atoms with Gasteiger partial charge in [-0.15, -0.1) is 0 Å². The third-order valence-electron chi connectivity index (χ3n) is 4.67. The van der Waals surface area contributed by atoms with E-state index in [0.29, 0.717) is 6.98 Å². The fourth-order valence-corrected chi connectivity index (χ4v) is 3.74. The standard InChI is InChI=1S/C16H25B2N5/c1-16(2,3)23-17(4)21(14-9-7-6-8-10-14)13-22(18(23)5)15-11-12-19-20-15/h6-12H,13H2,1-5H3,(H,19,20). The van der Waals surface area contributed by atoms with Crippen molar-refractivity contribution < 1.29 is 0 Å². The summed E-state index contributed by atoms with van der Waals surface area (Å²) in [4.78, 5) is 4.80. The lowest BCUT2D eigenvalue weighted by Crippen LogP contribution is -2.74. The van der Waals surface area contributed by atoms with E-state index in [-0.39, 0.29) is 12.5 Å². The zero-order chi connectivity index (χ0) is 16.6. The van der Waals surface area contributed by atoms with Crippen LogP contribution in [0, 0.1) is 0 Å². The van der Waals surface area contributed by atoms with Crippen molar-refractivity contribution in [3.05, 3.63) is 42.6 Å². The van der Waals surface area contributed by atoms with Crippen LogP contribution in [-0.2, 0) is 0 Å². The van der Waals surface area contributed by atoms with E-state index < -0.39 is 0 Å². The van der Waals surface area contributed by atoms with Gasteiger partial charge < -0.3 is 14.3 Å². The third kappa shape index (κ3) is 2.98. The zero-order valence-electron chi connectivity index (χ0n) is 14.7. The molecular weight excluding hydrogens is 284 g/mol. The predicted molar refractivity (Wildman–Crippen MR) is 99.7 cm³/mol. The molecule has 0 bridgehead atoms. The second kappa shape index (κ2) is 5.96. The molecule has 0 saturated carbocycles. The van der Waals surface area contributed by atoms with Crippen LogP contribution in [0.25, 0.3) is 0 Å². The number of H-pyrrole nitrogens is 1. The summed E-state index contributed by atoms with van der Waals surface area (Å²) in [5.74, 6) is 1.06. The first kappa shape index (κ1) is 16.0. The van der Waals surface area contributed by atoms with E-state index in [1.807, 2.05) is 12.3 Å². The Bertz CT molecular complexity index is 626.